The van der Waals surface area contributed by atoms with Crippen LogP contribution in [0.25, 0.3) is 0 Å². The second kappa shape index (κ2) is 7.52. The summed E-state index contributed by atoms with van der Waals surface area (Å²) in [6.45, 7) is 5.07. The monoisotopic (exact) mass is 294 g/mol. The first-order valence-corrected chi connectivity index (χ1v) is 6.79. The number of rotatable bonds is 6. The summed E-state index contributed by atoms with van der Waals surface area (Å²) >= 11 is 0. The Morgan fingerprint density at radius 2 is 1.67 bits per heavy atom. The average molecular weight is 294 g/mol. The molecule has 0 radical (unpaired) electrons. The van der Waals surface area contributed by atoms with Crippen molar-refractivity contribution in [3.8, 4) is 5.75 Å². The van der Waals surface area contributed by atoms with Gasteiger partial charge in [-0.1, -0.05) is 12.1 Å². The van der Waals surface area contributed by atoms with Crippen LogP contribution in [0.15, 0.2) is 24.3 Å². The summed E-state index contributed by atoms with van der Waals surface area (Å²) in [5.41, 5.74) is 0.935. The maximum absolute atomic E-state index is 11.8. The van der Waals surface area contributed by atoms with E-state index in [9.17, 15) is 9.59 Å². The molecule has 0 aliphatic heterocycles. The fraction of sp³-hybridized carbons (Fsp3) is 0.467. The van der Waals surface area contributed by atoms with Gasteiger partial charge in [-0.3, -0.25) is 4.79 Å². The van der Waals surface area contributed by atoms with E-state index in [2.05, 4.69) is 10.6 Å². The van der Waals surface area contributed by atoms with E-state index in [1.807, 2.05) is 31.2 Å². The van der Waals surface area contributed by atoms with Gasteiger partial charge >= 0.3 is 12.0 Å². The van der Waals surface area contributed by atoms with Crippen molar-refractivity contribution >= 4 is 12.0 Å². The molecule has 3 N–H and O–H groups in total. The molecular weight excluding hydrogens is 272 g/mol. The summed E-state index contributed by atoms with van der Waals surface area (Å²) in [6.07, 6.45) is 0. The molecule has 0 saturated heterocycles. The van der Waals surface area contributed by atoms with Crippen LogP contribution in [0.4, 0.5) is 4.79 Å². The highest BCUT2D eigenvalue weighted by Gasteiger charge is 2.21. The smallest absolute Gasteiger partial charge is 0.315 e. The fourth-order valence-corrected chi connectivity index (χ4v) is 1.76. The van der Waals surface area contributed by atoms with Gasteiger partial charge in [-0.2, -0.15) is 0 Å². The first kappa shape index (κ1) is 16.8. The van der Waals surface area contributed by atoms with Crippen molar-refractivity contribution in [2.75, 3.05) is 7.11 Å². The van der Waals surface area contributed by atoms with Crippen LogP contribution in [0.2, 0.25) is 0 Å². The minimum absolute atomic E-state index is 0.191. The SMILES string of the molecule is COc1ccc(C(C)NC(=O)NC(C)C(C)C(=O)O)cc1. The number of ether oxygens (including phenoxy) is 1. The number of carboxylic acids is 1. The molecule has 6 heteroatoms. The van der Waals surface area contributed by atoms with E-state index in [-0.39, 0.29) is 12.1 Å². The number of carbonyl (C=O) groups excluding carboxylic acids is 1. The number of carbonyl (C=O) groups is 2. The largest absolute Gasteiger partial charge is 0.497 e. The Labute approximate surface area is 124 Å². The van der Waals surface area contributed by atoms with E-state index in [0.29, 0.717) is 0 Å². The Hall–Kier alpha value is -2.24. The van der Waals surface area contributed by atoms with Crippen molar-refractivity contribution in [2.24, 2.45) is 5.92 Å². The lowest BCUT2D eigenvalue weighted by molar-refractivity contribution is -0.141. The first-order valence-electron chi connectivity index (χ1n) is 6.79. The van der Waals surface area contributed by atoms with E-state index in [0.717, 1.165) is 11.3 Å². The highest BCUT2D eigenvalue weighted by atomic mass is 16.5. The zero-order chi connectivity index (χ0) is 16.0. The van der Waals surface area contributed by atoms with Gasteiger partial charge in [0.25, 0.3) is 0 Å². The van der Waals surface area contributed by atoms with E-state index in [4.69, 9.17) is 9.84 Å². The lowest BCUT2D eigenvalue weighted by atomic mass is 10.0. The van der Waals surface area contributed by atoms with E-state index < -0.39 is 17.9 Å². The second-order valence-corrected chi connectivity index (χ2v) is 5.03. The molecule has 3 unspecified atom stereocenters. The Balaban J connectivity index is 2.55. The third kappa shape index (κ3) is 4.98. The van der Waals surface area contributed by atoms with Gasteiger partial charge in [-0.15, -0.1) is 0 Å². The van der Waals surface area contributed by atoms with Gasteiger partial charge in [0.2, 0.25) is 0 Å². The standard InChI is InChI=1S/C15H22N2O4/c1-9(14(18)19)10(2)16-15(20)17-11(3)12-5-7-13(21-4)8-6-12/h5-11H,1-4H3,(H,18,19)(H2,16,17,20). The maximum Gasteiger partial charge on any atom is 0.315 e. The second-order valence-electron chi connectivity index (χ2n) is 5.03. The molecule has 116 valence electrons. The minimum Gasteiger partial charge on any atom is -0.497 e. The predicted octanol–water partition coefficient (Wildman–Crippen LogP) is 2.16. The van der Waals surface area contributed by atoms with Crippen LogP contribution in [-0.4, -0.2) is 30.3 Å². The maximum atomic E-state index is 11.8. The summed E-state index contributed by atoms with van der Waals surface area (Å²) in [4.78, 5) is 22.7. The molecule has 0 aromatic heterocycles. The van der Waals surface area contributed by atoms with Crippen LogP contribution in [0.3, 0.4) is 0 Å². The van der Waals surface area contributed by atoms with E-state index in [1.54, 1.807) is 21.0 Å². The van der Waals surface area contributed by atoms with E-state index in [1.165, 1.54) is 0 Å². The molecule has 1 aromatic carbocycles. The van der Waals surface area contributed by atoms with Crippen LogP contribution in [0.5, 0.6) is 5.75 Å². The molecule has 0 heterocycles. The van der Waals surface area contributed by atoms with Gasteiger partial charge in [-0.25, -0.2) is 4.79 Å². The summed E-state index contributed by atoms with van der Waals surface area (Å²) in [5, 5.41) is 14.3. The van der Waals surface area contributed by atoms with Gasteiger partial charge in [0.1, 0.15) is 5.75 Å². The van der Waals surface area contributed by atoms with Crippen molar-refractivity contribution in [1.82, 2.24) is 10.6 Å². The number of amides is 2. The molecule has 1 aromatic rings. The molecule has 0 fully saturated rings. The van der Waals surface area contributed by atoms with Crippen LogP contribution >= 0.6 is 0 Å². The zero-order valence-electron chi connectivity index (χ0n) is 12.7. The Morgan fingerprint density at radius 1 is 1.10 bits per heavy atom. The molecule has 2 amide bonds. The topological polar surface area (TPSA) is 87.7 Å². The normalized spacial score (nSPS) is 14.7. The molecular formula is C15H22N2O4. The summed E-state index contributed by atoms with van der Waals surface area (Å²) < 4.78 is 5.08. The van der Waals surface area contributed by atoms with Crippen molar-refractivity contribution in [2.45, 2.75) is 32.9 Å². The Morgan fingerprint density at radius 3 is 2.14 bits per heavy atom. The molecule has 3 atom stereocenters. The van der Waals surface area contributed by atoms with Gasteiger partial charge in [0.15, 0.2) is 0 Å². The molecule has 0 bridgehead atoms. The lowest BCUT2D eigenvalue weighted by Crippen LogP contribution is -2.45. The van der Waals surface area contributed by atoms with Crippen LogP contribution in [0, 0.1) is 5.92 Å². The molecule has 0 aliphatic carbocycles. The van der Waals surface area contributed by atoms with Gasteiger partial charge in [0, 0.05) is 6.04 Å². The van der Waals surface area contributed by atoms with Crippen LogP contribution in [-0.2, 0) is 4.79 Å². The molecule has 1 rings (SSSR count). The summed E-state index contributed by atoms with van der Waals surface area (Å²) in [7, 11) is 1.59. The number of urea groups is 1. The first-order chi connectivity index (χ1) is 9.85. The number of carboxylic acid groups (broad SMARTS) is 1. The number of benzene rings is 1. The highest BCUT2D eigenvalue weighted by Crippen LogP contribution is 2.17. The zero-order valence-corrected chi connectivity index (χ0v) is 12.7. The highest BCUT2D eigenvalue weighted by molar-refractivity contribution is 5.76. The van der Waals surface area contributed by atoms with Gasteiger partial charge in [-0.05, 0) is 38.5 Å². The van der Waals surface area contributed by atoms with Gasteiger partial charge < -0.3 is 20.5 Å². The van der Waals surface area contributed by atoms with Crippen LogP contribution < -0.4 is 15.4 Å². The third-order valence-corrected chi connectivity index (χ3v) is 3.46. The van der Waals surface area contributed by atoms with Crippen molar-refractivity contribution < 1.29 is 19.4 Å². The van der Waals surface area contributed by atoms with Crippen molar-refractivity contribution in [1.29, 1.82) is 0 Å². The number of methoxy groups -OCH3 is 1. The van der Waals surface area contributed by atoms with Gasteiger partial charge in [0.05, 0.1) is 19.1 Å². The number of hydrogen-bond acceptors (Lipinski definition) is 3. The molecule has 0 spiro atoms. The predicted molar refractivity (Wildman–Crippen MR) is 79.3 cm³/mol. The van der Waals surface area contributed by atoms with Crippen molar-refractivity contribution in [3.05, 3.63) is 29.8 Å². The molecule has 21 heavy (non-hydrogen) atoms. The van der Waals surface area contributed by atoms with Crippen molar-refractivity contribution in [3.63, 3.8) is 0 Å². The quantitative estimate of drug-likeness (QED) is 0.750. The third-order valence-electron chi connectivity index (χ3n) is 3.46. The van der Waals surface area contributed by atoms with Crippen LogP contribution in [0.1, 0.15) is 32.4 Å². The Bertz CT molecular complexity index is 487. The number of hydrogen-bond donors (Lipinski definition) is 3. The number of nitrogens with one attached hydrogen (secondary N) is 2. The summed E-state index contributed by atoms with van der Waals surface area (Å²) in [5.74, 6) is -0.836. The Kier molecular flexibility index (Phi) is 6.02. The number of aliphatic carboxylic acids is 1. The van der Waals surface area contributed by atoms with E-state index >= 15 is 0 Å². The fourth-order valence-electron chi connectivity index (χ4n) is 1.76. The average Bonchev–Trinajstić information content (AvgIpc) is 2.46. The molecule has 0 saturated carbocycles. The summed E-state index contributed by atoms with van der Waals surface area (Å²) in [6, 6.07) is 6.34. The molecule has 0 aliphatic rings. The molecule has 6 nitrogen and oxygen atoms in total. The lowest BCUT2D eigenvalue weighted by Gasteiger charge is -2.20. The minimum atomic E-state index is -0.939.